The average molecular weight is 601 g/mol. The number of methoxy groups -OCH3 is 1. The van der Waals surface area contributed by atoms with E-state index in [2.05, 4.69) is 71.4 Å². The van der Waals surface area contributed by atoms with Crippen LogP contribution in [0.3, 0.4) is 0 Å². The third-order valence-electron chi connectivity index (χ3n) is 8.02. The molecule has 0 bridgehead atoms. The molecule has 0 saturated heterocycles. The van der Waals surface area contributed by atoms with Gasteiger partial charge in [0.2, 0.25) is 0 Å². The van der Waals surface area contributed by atoms with Crippen molar-refractivity contribution in [2.75, 3.05) is 25.6 Å². The van der Waals surface area contributed by atoms with Crippen molar-refractivity contribution in [3.63, 3.8) is 0 Å². The Morgan fingerprint density at radius 2 is 1.44 bits per heavy atom. The van der Waals surface area contributed by atoms with Gasteiger partial charge in [-0.2, -0.15) is 0 Å². The van der Waals surface area contributed by atoms with Crippen molar-refractivity contribution in [2.45, 2.75) is 39.7 Å². The van der Waals surface area contributed by atoms with E-state index < -0.39 is 11.8 Å². The first-order valence-electron chi connectivity index (χ1n) is 15.5. The summed E-state index contributed by atoms with van der Waals surface area (Å²) in [7, 11) is 1.71. The summed E-state index contributed by atoms with van der Waals surface area (Å²) in [5, 5.41) is 4.34. The lowest BCUT2D eigenvalue weighted by Crippen LogP contribution is -2.17. The Hall–Kier alpha value is -5.10. The number of para-hydroxylation sites is 2. The normalized spacial score (nSPS) is 11.6. The number of ketones is 1. The SMILES string of the molecule is CCOC(=O)C(=O)c1cn(CCCCCNc2ccc(/C(=C(/C)c3ccccc3OC)c3ccccc3)cc2)c2ccccc12. The van der Waals surface area contributed by atoms with Gasteiger partial charge in [0.15, 0.2) is 0 Å². The molecule has 4 aromatic carbocycles. The van der Waals surface area contributed by atoms with Crippen molar-refractivity contribution in [1.29, 1.82) is 0 Å². The molecule has 1 aromatic heterocycles. The van der Waals surface area contributed by atoms with Gasteiger partial charge >= 0.3 is 5.97 Å². The Kier molecular flexibility index (Phi) is 10.5. The van der Waals surface area contributed by atoms with E-state index >= 15 is 0 Å². The summed E-state index contributed by atoms with van der Waals surface area (Å²) in [5.74, 6) is -0.543. The molecule has 230 valence electrons. The fraction of sp³-hybridized carbons (Fsp3) is 0.231. The maximum Gasteiger partial charge on any atom is 0.379 e. The van der Waals surface area contributed by atoms with Crippen molar-refractivity contribution in [3.8, 4) is 5.75 Å². The van der Waals surface area contributed by atoms with Crippen LogP contribution in [0.25, 0.3) is 22.0 Å². The van der Waals surface area contributed by atoms with E-state index in [1.807, 2.05) is 48.5 Å². The first-order chi connectivity index (χ1) is 22.0. The molecular weight excluding hydrogens is 560 g/mol. The topological polar surface area (TPSA) is 69.6 Å². The van der Waals surface area contributed by atoms with Crippen LogP contribution in [0.1, 0.15) is 60.2 Å². The lowest BCUT2D eigenvalue weighted by atomic mass is 9.90. The number of fused-ring (bicyclic) bond motifs is 1. The van der Waals surface area contributed by atoms with E-state index in [0.717, 1.165) is 77.0 Å². The van der Waals surface area contributed by atoms with Gasteiger partial charge in [0.05, 0.1) is 19.3 Å². The Labute approximate surface area is 265 Å². The molecule has 1 N–H and O–H groups in total. The van der Waals surface area contributed by atoms with Crippen LogP contribution in [-0.4, -0.2) is 36.6 Å². The number of Topliss-reactive ketones (excluding diaryl/α,β-unsaturated/α-hetero) is 1. The fourth-order valence-electron chi connectivity index (χ4n) is 5.78. The molecule has 6 heteroatoms. The molecule has 0 fully saturated rings. The summed E-state index contributed by atoms with van der Waals surface area (Å²) in [4.78, 5) is 24.7. The molecule has 1 heterocycles. The molecule has 0 aliphatic heterocycles. The largest absolute Gasteiger partial charge is 0.496 e. The van der Waals surface area contributed by atoms with E-state index in [9.17, 15) is 9.59 Å². The molecule has 0 saturated carbocycles. The molecule has 0 radical (unpaired) electrons. The van der Waals surface area contributed by atoms with Crippen molar-refractivity contribution in [2.24, 2.45) is 0 Å². The Morgan fingerprint density at radius 1 is 0.756 bits per heavy atom. The van der Waals surface area contributed by atoms with Gasteiger partial charge in [-0.05, 0) is 79.6 Å². The van der Waals surface area contributed by atoms with Crippen LogP contribution in [0.4, 0.5) is 5.69 Å². The number of anilines is 1. The molecule has 0 amide bonds. The highest BCUT2D eigenvalue weighted by atomic mass is 16.5. The van der Waals surface area contributed by atoms with Crippen LogP contribution in [0.2, 0.25) is 0 Å². The Bertz CT molecular complexity index is 1790. The Morgan fingerprint density at radius 3 is 2.20 bits per heavy atom. The first-order valence-corrected chi connectivity index (χ1v) is 15.5. The van der Waals surface area contributed by atoms with Gasteiger partial charge in [-0.15, -0.1) is 0 Å². The molecule has 0 spiro atoms. The average Bonchev–Trinajstić information content (AvgIpc) is 3.45. The second-order valence-corrected chi connectivity index (χ2v) is 10.9. The molecule has 5 rings (SSSR count). The smallest absolute Gasteiger partial charge is 0.379 e. The maximum absolute atomic E-state index is 12.7. The van der Waals surface area contributed by atoms with Crippen molar-refractivity contribution in [1.82, 2.24) is 4.57 Å². The second kappa shape index (κ2) is 15.1. The molecule has 5 aromatic rings. The van der Waals surface area contributed by atoms with Crippen LogP contribution < -0.4 is 10.1 Å². The van der Waals surface area contributed by atoms with E-state index in [-0.39, 0.29) is 6.61 Å². The summed E-state index contributed by atoms with van der Waals surface area (Å²) >= 11 is 0. The van der Waals surface area contributed by atoms with Crippen molar-refractivity contribution >= 4 is 39.5 Å². The number of aryl methyl sites for hydroxylation is 1. The number of ether oxygens (including phenoxy) is 2. The minimum atomic E-state index is -0.807. The van der Waals surface area contributed by atoms with Crippen LogP contribution in [-0.2, 0) is 16.1 Å². The minimum Gasteiger partial charge on any atom is -0.496 e. The number of hydrogen-bond donors (Lipinski definition) is 1. The second-order valence-electron chi connectivity index (χ2n) is 10.9. The number of aromatic nitrogens is 1. The van der Waals surface area contributed by atoms with Crippen LogP contribution in [0, 0.1) is 0 Å². The van der Waals surface area contributed by atoms with Gasteiger partial charge in [0.25, 0.3) is 5.78 Å². The summed E-state index contributed by atoms with van der Waals surface area (Å²) < 4.78 is 12.7. The number of nitrogens with zero attached hydrogens (tertiary/aromatic N) is 1. The molecule has 6 nitrogen and oxygen atoms in total. The maximum atomic E-state index is 12.7. The van der Waals surface area contributed by atoms with Crippen molar-refractivity contribution in [3.05, 3.63) is 132 Å². The zero-order valence-electron chi connectivity index (χ0n) is 26.2. The quantitative estimate of drug-likeness (QED) is 0.0454. The van der Waals surface area contributed by atoms with Gasteiger partial charge in [-0.1, -0.05) is 78.9 Å². The molecule has 0 aliphatic rings. The van der Waals surface area contributed by atoms with Gasteiger partial charge < -0.3 is 19.4 Å². The zero-order chi connectivity index (χ0) is 31.6. The summed E-state index contributed by atoms with van der Waals surface area (Å²) in [6.07, 6.45) is 4.78. The van der Waals surface area contributed by atoms with Gasteiger partial charge in [-0.3, -0.25) is 4.79 Å². The highest BCUT2D eigenvalue weighted by Crippen LogP contribution is 2.36. The number of esters is 1. The number of rotatable bonds is 14. The summed E-state index contributed by atoms with van der Waals surface area (Å²) in [5.41, 5.74) is 8.16. The number of hydrogen-bond acceptors (Lipinski definition) is 5. The van der Waals surface area contributed by atoms with Crippen LogP contribution in [0.5, 0.6) is 5.75 Å². The summed E-state index contributed by atoms with van der Waals surface area (Å²) in [6.45, 7) is 5.66. The Balaban J connectivity index is 1.20. The monoisotopic (exact) mass is 600 g/mol. The number of allylic oxidation sites excluding steroid dienone is 1. The van der Waals surface area contributed by atoms with E-state index in [0.29, 0.717) is 5.56 Å². The third kappa shape index (κ3) is 7.35. The molecule has 0 unspecified atom stereocenters. The van der Waals surface area contributed by atoms with Crippen LogP contribution >= 0.6 is 0 Å². The molecule has 0 atom stereocenters. The zero-order valence-corrected chi connectivity index (χ0v) is 26.2. The van der Waals surface area contributed by atoms with Gasteiger partial charge in [0, 0.05) is 41.4 Å². The van der Waals surface area contributed by atoms with Crippen molar-refractivity contribution < 1.29 is 19.1 Å². The number of benzene rings is 4. The van der Waals surface area contributed by atoms with E-state index in [1.54, 1.807) is 20.2 Å². The number of carbonyl (C=O) groups excluding carboxylic acids is 2. The molecule has 45 heavy (non-hydrogen) atoms. The minimum absolute atomic E-state index is 0.177. The highest BCUT2D eigenvalue weighted by molar-refractivity contribution is 6.43. The predicted molar refractivity (Wildman–Crippen MR) is 183 cm³/mol. The highest BCUT2D eigenvalue weighted by Gasteiger charge is 2.22. The van der Waals surface area contributed by atoms with Gasteiger partial charge in [0.1, 0.15) is 5.75 Å². The number of unbranched alkanes of at least 4 members (excludes halogenated alkanes) is 2. The van der Waals surface area contributed by atoms with E-state index in [1.165, 1.54) is 5.57 Å². The van der Waals surface area contributed by atoms with Gasteiger partial charge in [-0.25, -0.2) is 4.79 Å². The predicted octanol–water partition coefficient (Wildman–Crippen LogP) is 8.66. The third-order valence-corrected chi connectivity index (χ3v) is 8.02. The molecule has 0 aliphatic carbocycles. The first kappa shape index (κ1) is 31.3. The van der Waals surface area contributed by atoms with Crippen LogP contribution in [0.15, 0.2) is 109 Å². The standard InChI is InChI=1S/C39H40N2O4/c1-4-45-39(43)38(42)34-27-41(35-19-11-9-18-33(34)35)26-14-6-13-25-40-31-23-21-30(22-24-31)37(29-15-7-5-8-16-29)28(2)32-17-10-12-20-36(32)44-3/h5,7-12,15-24,27,40H,4,6,13-14,25-26H2,1-3H3/b37-28-. The lowest BCUT2D eigenvalue weighted by Gasteiger charge is -2.17. The van der Waals surface area contributed by atoms with E-state index in [4.69, 9.17) is 9.47 Å². The lowest BCUT2D eigenvalue weighted by molar-refractivity contribution is -0.137. The summed E-state index contributed by atoms with van der Waals surface area (Å²) in [6, 6.07) is 35.0. The molecular formula is C39H40N2O4. The fourth-order valence-corrected chi connectivity index (χ4v) is 5.78. The number of carbonyl (C=O) groups is 2. The number of nitrogens with one attached hydrogen (secondary N) is 1.